The van der Waals surface area contributed by atoms with Gasteiger partial charge in [0.15, 0.2) is 5.69 Å². The second-order valence-corrected chi connectivity index (χ2v) is 5.28. The minimum absolute atomic E-state index is 0.0816. The molecule has 22 heavy (non-hydrogen) atoms. The minimum Gasteiger partial charge on any atom is -0.497 e. The van der Waals surface area contributed by atoms with Gasteiger partial charge >= 0.3 is 0 Å². The fourth-order valence-corrected chi connectivity index (χ4v) is 2.55. The molecule has 1 aromatic carbocycles. The van der Waals surface area contributed by atoms with E-state index < -0.39 is 0 Å². The summed E-state index contributed by atoms with van der Waals surface area (Å²) in [6, 6.07) is 9.66. The molecule has 114 valence electrons. The number of rotatable bonds is 3. The highest BCUT2D eigenvalue weighted by molar-refractivity contribution is 5.92. The van der Waals surface area contributed by atoms with Crippen molar-refractivity contribution in [2.24, 2.45) is 0 Å². The van der Waals surface area contributed by atoms with Gasteiger partial charge in [-0.1, -0.05) is 23.4 Å². The molecule has 0 saturated heterocycles. The van der Waals surface area contributed by atoms with Crippen LogP contribution in [0.5, 0.6) is 5.75 Å². The fraction of sp³-hybridized carbons (Fsp3) is 0.294. The Morgan fingerprint density at radius 3 is 2.64 bits per heavy atom. The number of aryl methyl sites for hydroxylation is 1. The summed E-state index contributed by atoms with van der Waals surface area (Å²) in [7, 11) is 1.66. The second kappa shape index (κ2) is 6.05. The molecule has 1 amide bonds. The standard InChI is InChI=1S/C17H18N2O3/c1-12-11-16(18-22-12)17(20)19-9-7-14(8-10-19)13-3-5-15(21-2)6-4-13/h3-7,11H,8-10H2,1-2H3. The molecule has 2 aromatic rings. The van der Waals surface area contributed by atoms with E-state index in [2.05, 4.69) is 11.2 Å². The number of carbonyl (C=O) groups excluding carboxylic acids is 1. The molecule has 0 fully saturated rings. The van der Waals surface area contributed by atoms with Crippen molar-refractivity contribution in [1.82, 2.24) is 10.1 Å². The molecule has 1 aliphatic heterocycles. The van der Waals surface area contributed by atoms with E-state index in [0.29, 0.717) is 24.5 Å². The Balaban J connectivity index is 1.69. The third-order valence-electron chi connectivity index (χ3n) is 3.80. The maximum absolute atomic E-state index is 12.3. The molecule has 1 aliphatic rings. The number of methoxy groups -OCH3 is 1. The first-order valence-electron chi connectivity index (χ1n) is 7.23. The fourth-order valence-electron chi connectivity index (χ4n) is 2.55. The van der Waals surface area contributed by atoms with Crippen LogP contribution in [0.2, 0.25) is 0 Å². The Hall–Kier alpha value is -2.56. The number of nitrogens with zero attached hydrogens (tertiary/aromatic N) is 2. The summed E-state index contributed by atoms with van der Waals surface area (Å²) in [6.45, 7) is 3.05. The summed E-state index contributed by atoms with van der Waals surface area (Å²) in [5, 5.41) is 3.79. The van der Waals surface area contributed by atoms with Gasteiger partial charge in [0.25, 0.3) is 5.91 Å². The Bertz CT molecular complexity index is 701. The molecule has 2 heterocycles. The third-order valence-corrected chi connectivity index (χ3v) is 3.80. The van der Waals surface area contributed by atoms with Crippen molar-refractivity contribution in [2.75, 3.05) is 20.2 Å². The van der Waals surface area contributed by atoms with E-state index in [9.17, 15) is 4.79 Å². The number of ether oxygens (including phenoxy) is 1. The van der Waals surface area contributed by atoms with Crippen molar-refractivity contribution in [1.29, 1.82) is 0 Å². The molecule has 5 heteroatoms. The van der Waals surface area contributed by atoms with Crippen molar-refractivity contribution in [2.45, 2.75) is 13.3 Å². The lowest BCUT2D eigenvalue weighted by atomic mass is 9.99. The normalized spacial score (nSPS) is 14.6. The van der Waals surface area contributed by atoms with Crippen molar-refractivity contribution >= 4 is 11.5 Å². The Labute approximate surface area is 129 Å². The van der Waals surface area contributed by atoms with Gasteiger partial charge in [0.2, 0.25) is 0 Å². The van der Waals surface area contributed by atoms with Crippen LogP contribution >= 0.6 is 0 Å². The van der Waals surface area contributed by atoms with Gasteiger partial charge in [0.1, 0.15) is 11.5 Å². The monoisotopic (exact) mass is 298 g/mol. The van der Waals surface area contributed by atoms with E-state index in [-0.39, 0.29) is 5.91 Å². The number of carbonyl (C=O) groups is 1. The molecule has 0 radical (unpaired) electrons. The van der Waals surface area contributed by atoms with Crippen LogP contribution in [-0.4, -0.2) is 36.2 Å². The zero-order chi connectivity index (χ0) is 15.5. The third kappa shape index (κ3) is 2.88. The number of benzene rings is 1. The maximum Gasteiger partial charge on any atom is 0.276 e. The molecular weight excluding hydrogens is 280 g/mol. The first-order valence-corrected chi connectivity index (χ1v) is 7.23. The zero-order valence-electron chi connectivity index (χ0n) is 12.7. The number of hydrogen-bond acceptors (Lipinski definition) is 4. The molecule has 3 rings (SSSR count). The minimum atomic E-state index is -0.0816. The summed E-state index contributed by atoms with van der Waals surface area (Å²) >= 11 is 0. The SMILES string of the molecule is COc1ccc(C2=CCN(C(=O)c3cc(C)on3)CC2)cc1. The quantitative estimate of drug-likeness (QED) is 0.874. The zero-order valence-corrected chi connectivity index (χ0v) is 12.7. The number of amides is 1. The summed E-state index contributed by atoms with van der Waals surface area (Å²) in [4.78, 5) is 14.1. The molecule has 5 nitrogen and oxygen atoms in total. The molecule has 0 saturated carbocycles. The van der Waals surface area contributed by atoms with Crippen LogP contribution in [0.1, 0.15) is 28.2 Å². The van der Waals surface area contributed by atoms with Gasteiger partial charge in [-0.05, 0) is 36.6 Å². The van der Waals surface area contributed by atoms with Gasteiger partial charge in [-0.3, -0.25) is 4.79 Å². The Kier molecular flexibility index (Phi) is 3.96. The van der Waals surface area contributed by atoms with E-state index in [1.54, 1.807) is 25.0 Å². The second-order valence-electron chi connectivity index (χ2n) is 5.28. The van der Waals surface area contributed by atoms with E-state index in [1.807, 2.05) is 24.3 Å². The molecular formula is C17H18N2O3. The number of hydrogen-bond donors (Lipinski definition) is 0. The summed E-state index contributed by atoms with van der Waals surface area (Å²) in [6.07, 6.45) is 2.92. The largest absolute Gasteiger partial charge is 0.497 e. The summed E-state index contributed by atoms with van der Waals surface area (Å²) in [5.41, 5.74) is 2.80. The van der Waals surface area contributed by atoms with Crippen molar-refractivity contribution in [3.05, 3.63) is 53.4 Å². The topological polar surface area (TPSA) is 55.6 Å². The highest BCUT2D eigenvalue weighted by Crippen LogP contribution is 2.25. The van der Waals surface area contributed by atoms with Crippen LogP contribution < -0.4 is 4.74 Å². The molecule has 0 N–H and O–H groups in total. The van der Waals surface area contributed by atoms with Crippen molar-refractivity contribution in [3.63, 3.8) is 0 Å². The van der Waals surface area contributed by atoms with E-state index in [1.165, 1.54) is 11.1 Å². The van der Waals surface area contributed by atoms with Crippen molar-refractivity contribution in [3.8, 4) is 5.75 Å². The highest BCUT2D eigenvalue weighted by Gasteiger charge is 2.21. The molecule has 0 atom stereocenters. The average molecular weight is 298 g/mol. The maximum atomic E-state index is 12.3. The lowest BCUT2D eigenvalue weighted by Crippen LogP contribution is -2.34. The summed E-state index contributed by atoms with van der Waals surface area (Å²) < 4.78 is 10.1. The van der Waals surface area contributed by atoms with Gasteiger partial charge in [0.05, 0.1) is 7.11 Å². The van der Waals surface area contributed by atoms with Crippen LogP contribution in [-0.2, 0) is 0 Å². The Morgan fingerprint density at radius 1 is 1.32 bits per heavy atom. The van der Waals surface area contributed by atoms with Gasteiger partial charge in [0, 0.05) is 19.2 Å². The molecule has 0 spiro atoms. The van der Waals surface area contributed by atoms with Crippen LogP contribution in [0.15, 0.2) is 40.9 Å². The predicted molar refractivity (Wildman–Crippen MR) is 82.7 cm³/mol. The summed E-state index contributed by atoms with van der Waals surface area (Å²) in [5.74, 6) is 1.41. The molecule has 0 unspecified atom stereocenters. The van der Waals surface area contributed by atoms with Gasteiger partial charge < -0.3 is 14.2 Å². The average Bonchev–Trinajstić information content (AvgIpc) is 3.01. The van der Waals surface area contributed by atoms with E-state index >= 15 is 0 Å². The first kappa shape index (κ1) is 14.4. The molecule has 0 bridgehead atoms. The highest BCUT2D eigenvalue weighted by atomic mass is 16.5. The Morgan fingerprint density at radius 2 is 2.09 bits per heavy atom. The number of aromatic nitrogens is 1. The lowest BCUT2D eigenvalue weighted by molar-refractivity contribution is 0.0762. The van der Waals surface area contributed by atoms with E-state index in [0.717, 1.165) is 12.2 Å². The van der Waals surface area contributed by atoms with Crippen LogP contribution in [0.25, 0.3) is 5.57 Å². The first-order chi connectivity index (χ1) is 10.7. The van der Waals surface area contributed by atoms with Crippen LogP contribution in [0.4, 0.5) is 0 Å². The van der Waals surface area contributed by atoms with Gasteiger partial charge in [-0.15, -0.1) is 0 Å². The molecule has 0 aliphatic carbocycles. The predicted octanol–water partition coefficient (Wildman–Crippen LogP) is 2.92. The van der Waals surface area contributed by atoms with Crippen LogP contribution in [0.3, 0.4) is 0 Å². The van der Waals surface area contributed by atoms with Crippen molar-refractivity contribution < 1.29 is 14.1 Å². The lowest BCUT2D eigenvalue weighted by Gasteiger charge is -2.25. The van der Waals surface area contributed by atoms with Crippen LogP contribution in [0, 0.1) is 6.92 Å². The van der Waals surface area contributed by atoms with Gasteiger partial charge in [-0.25, -0.2) is 0 Å². The van der Waals surface area contributed by atoms with Gasteiger partial charge in [-0.2, -0.15) is 0 Å². The molecule has 1 aromatic heterocycles. The smallest absolute Gasteiger partial charge is 0.276 e. The van der Waals surface area contributed by atoms with E-state index in [4.69, 9.17) is 9.26 Å².